The second kappa shape index (κ2) is 7.87. The van der Waals surface area contributed by atoms with Crippen molar-refractivity contribution in [1.82, 2.24) is 9.55 Å². The number of hydrogen-bond acceptors (Lipinski definition) is 5. The van der Waals surface area contributed by atoms with Crippen molar-refractivity contribution in [2.45, 2.75) is 27.0 Å². The van der Waals surface area contributed by atoms with E-state index in [1.54, 1.807) is 13.3 Å². The second-order valence-corrected chi connectivity index (χ2v) is 7.63. The maximum atomic E-state index is 6.27. The number of rotatable bonds is 6. The van der Waals surface area contributed by atoms with E-state index < -0.39 is 0 Å². The van der Waals surface area contributed by atoms with Crippen molar-refractivity contribution < 1.29 is 18.9 Å². The molecule has 2 aromatic heterocycles. The Balaban J connectivity index is 1.49. The van der Waals surface area contributed by atoms with E-state index in [0.717, 1.165) is 50.7 Å². The third-order valence-corrected chi connectivity index (χ3v) is 5.77. The monoisotopic (exact) mass is 416 g/mol. The molecule has 1 aliphatic heterocycles. The summed E-state index contributed by atoms with van der Waals surface area (Å²) < 4.78 is 24.8. The first-order valence-electron chi connectivity index (χ1n) is 10.2. The summed E-state index contributed by atoms with van der Waals surface area (Å²) in [5.74, 6) is 3.19. The summed E-state index contributed by atoms with van der Waals surface area (Å²) >= 11 is 0. The van der Waals surface area contributed by atoms with Crippen LogP contribution in [0.25, 0.3) is 11.0 Å². The summed E-state index contributed by atoms with van der Waals surface area (Å²) in [5.41, 5.74) is 6.47. The zero-order chi connectivity index (χ0) is 21.4. The highest BCUT2D eigenvalue weighted by atomic mass is 16.7. The fraction of sp³-hybridized carbons (Fsp3) is 0.240. The third kappa shape index (κ3) is 3.54. The number of benzene rings is 2. The Hall–Kier alpha value is -3.67. The van der Waals surface area contributed by atoms with E-state index in [1.807, 2.05) is 36.4 Å². The molecule has 6 heteroatoms. The van der Waals surface area contributed by atoms with Gasteiger partial charge in [0.25, 0.3) is 0 Å². The number of methoxy groups -OCH3 is 1. The van der Waals surface area contributed by atoms with E-state index in [4.69, 9.17) is 18.9 Å². The predicted molar refractivity (Wildman–Crippen MR) is 118 cm³/mol. The Morgan fingerprint density at radius 1 is 1.00 bits per heavy atom. The van der Waals surface area contributed by atoms with Gasteiger partial charge in [-0.05, 0) is 54.8 Å². The molecule has 5 rings (SSSR count). The van der Waals surface area contributed by atoms with Crippen molar-refractivity contribution in [2.75, 3.05) is 13.9 Å². The maximum absolute atomic E-state index is 6.27. The van der Waals surface area contributed by atoms with E-state index in [9.17, 15) is 0 Å². The Morgan fingerprint density at radius 2 is 1.87 bits per heavy atom. The molecule has 0 unspecified atom stereocenters. The zero-order valence-electron chi connectivity index (χ0n) is 17.8. The van der Waals surface area contributed by atoms with Crippen LogP contribution in [0.5, 0.6) is 23.0 Å². The molecule has 0 spiro atoms. The summed E-state index contributed by atoms with van der Waals surface area (Å²) in [4.78, 5) is 4.64. The summed E-state index contributed by atoms with van der Waals surface area (Å²) in [6.07, 6.45) is 1.81. The predicted octanol–water partition coefficient (Wildman–Crippen LogP) is 5.02. The molecule has 0 amide bonds. The average Bonchev–Trinajstić information content (AvgIpc) is 3.36. The van der Waals surface area contributed by atoms with Crippen molar-refractivity contribution in [3.63, 3.8) is 0 Å². The van der Waals surface area contributed by atoms with Gasteiger partial charge in [-0.1, -0.05) is 18.2 Å². The molecule has 1 aliphatic rings. The molecule has 4 aromatic rings. The Labute approximate surface area is 181 Å². The molecule has 0 aliphatic carbocycles. The van der Waals surface area contributed by atoms with E-state index in [0.29, 0.717) is 13.2 Å². The topological polar surface area (TPSA) is 54.7 Å². The highest BCUT2D eigenvalue weighted by Gasteiger charge is 2.18. The van der Waals surface area contributed by atoms with Crippen LogP contribution in [-0.2, 0) is 13.2 Å². The maximum Gasteiger partial charge on any atom is 0.231 e. The van der Waals surface area contributed by atoms with Gasteiger partial charge in [-0.3, -0.25) is 4.98 Å². The van der Waals surface area contributed by atoms with Gasteiger partial charge in [0.15, 0.2) is 11.5 Å². The van der Waals surface area contributed by atoms with Crippen molar-refractivity contribution in [1.29, 1.82) is 0 Å². The van der Waals surface area contributed by atoms with E-state index >= 15 is 0 Å². The van der Waals surface area contributed by atoms with Crippen LogP contribution in [0.3, 0.4) is 0 Å². The number of nitrogens with zero attached hydrogens (tertiary/aromatic N) is 2. The van der Waals surface area contributed by atoms with Crippen molar-refractivity contribution in [2.24, 2.45) is 0 Å². The highest BCUT2D eigenvalue weighted by Crippen LogP contribution is 2.34. The number of ether oxygens (including phenoxy) is 4. The molecule has 0 fully saturated rings. The molecule has 3 heterocycles. The van der Waals surface area contributed by atoms with Crippen molar-refractivity contribution in [3.05, 3.63) is 77.1 Å². The van der Waals surface area contributed by atoms with Gasteiger partial charge >= 0.3 is 0 Å². The first-order chi connectivity index (χ1) is 15.1. The molecular formula is C25H24N2O4. The van der Waals surface area contributed by atoms with Gasteiger partial charge in [0, 0.05) is 24.5 Å². The van der Waals surface area contributed by atoms with Gasteiger partial charge in [-0.2, -0.15) is 0 Å². The number of aryl methyl sites for hydroxylation is 1. The van der Waals surface area contributed by atoms with Gasteiger partial charge in [0.05, 0.1) is 12.6 Å². The Kier molecular flexibility index (Phi) is 4.90. The molecule has 0 N–H and O–H groups in total. The molecule has 0 bridgehead atoms. The number of aromatic nitrogens is 2. The lowest BCUT2D eigenvalue weighted by Gasteiger charge is -2.13. The van der Waals surface area contributed by atoms with Crippen LogP contribution in [0.4, 0.5) is 0 Å². The Morgan fingerprint density at radius 3 is 2.74 bits per heavy atom. The van der Waals surface area contributed by atoms with E-state index in [2.05, 4.69) is 35.5 Å². The molecule has 0 saturated heterocycles. The van der Waals surface area contributed by atoms with Crippen LogP contribution in [0.1, 0.15) is 22.4 Å². The summed E-state index contributed by atoms with van der Waals surface area (Å²) in [7, 11) is 1.69. The third-order valence-electron chi connectivity index (χ3n) is 5.77. The van der Waals surface area contributed by atoms with Gasteiger partial charge in [-0.25, -0.2) is 0 Å². The molecule has 0 saturated carbocycles. The Bertz CT molecular complexity index is 1260. The smallest absolute Gasteiger partial charge is 0.231 e. The summed E-state index contributed by atoms with van der Waals surface area (Å²) in [6.45, 7) is 5.63. The summed E-state index contributed by atoms with van der Waals surface area (Å²) in [5, 5.41) is 0. The summed E-state index contributed by atoms with van der Waals surface area (Å²) in [6, 6.07) is 15.9. The van der Waals surface area contributed by atoms with Crippen molar-refractivity contribution in [3.8, 4) is 23.0 Å². The first kappa shape index (κ1) is 19.3. The van der Waals surface area contributed by atoms with Crippen LogP contribution in [0.15, 0.2) is 54.7 Å². The molecule has 0 radical (unpaired) electrons. The molecule has 31 heavy (non-hydrogen) atoms. The normalized spacial score (nSPS) is 12.4. The van der Waals surface area contributed by atoms with E-state index in [1.165, 1.54) is 5.69 Å². The zero-order valence-corrected chi connectivity index (χ0v) is 17.8. The molecule has 158 valence electrons. The van der Waals surface area contributed by atoms with E-state index in [-0.39, 0.29) is 6.79 Å². The van der Waals surface area contributed by atoms with Gasteiger partial charge in [-0.15, -0.1) is 0 Å². The second-order valence-electron chi connectivity index (χ2n) is 7.63. The quantitative estimate of drug-likeness (QED) is 0.442. The van der Waals surface area contributed by atoms with Gasteiger partial charge in [0.1, 0.15) is 23.6 Å². The molecule has 0 atom stereocenters. The number of hydrogen-bond donors (Lipinski definition) is 0. The molecule has 6 nitrogen and oxygen atoms in total. The van der Waals surface area contributed by atoms with Crippen LogP contribution in [-0.4, -0.2) is 23.5 Å². The van der Waals surface area contributed by atoms with Crippen LogP contribution in [0.2, 0.25) is 0 Å². The lowest BCUT2D eigenvalue weighted by molar-refractivity contribution is 0.174. The van der Waals surface area contributed by atoms with Crippen LogP contribution < -0.4 is 18.9 Å². The number of fused-ring (bicyclic) bond motifs is 2. The lowest BCUT2D eigenvalue weighted by atomic mass is 10.2. The van der Waals surface area contributed by atoms with Gasteiger partial charge in [0.2, 0.25) is 6.79 Å². The average molecular weight is 416 g/mol. The molecular weight excluding hydrogens is 392 g/mol. The van der Waals surface area contributed by atoms with Gasteiger partial charge < -0.3 is 23.5 Å². The number of pyridine rings is 1. The van der Waals surface area contributed by atoms with Crippen LogP contribution >= 0.6 is 0 Å². The lowest BCUT2D eigenvalue weighted by Crippen LogP contribution is -2.04. The fourth-order valence-corrected chi connectivity index (χ4v) is 3.97. The minimum Gasteiger partial charge on any atom is -0.497 e. The standard InChI is InChI=1S/C25H24N2O4/c1-16-17(2)27(13-18-5-4-6-20(11-18)28-3)25-22(9-10-26-24(16)25)29-14-19-7-8-21-23(12-19)31-15-30-21/h4-12H,13-15H2,1-3H3. The minimum absolute atomic E-state index is 0.265. The SMILES string of the molecule is COc1cccc(Cn2c(C)c(C)c3nccc(OCc4ccc5c(c4)OCO5)c32)c1. The van der Waals surface area contributed by atoms with Crippen molar-refractivity contribution >= 4 is 11.0 Å². The fourth-order valence-electron chi connectivity index (χ4n) is 3.97. The minimum atomic E-state index is 0.265. The molecule has 2 aromatic carbocycles. The first-order valence-corrected chi connectivity index (χ1v) is 10.2. The largest absolute Gasteiger partial charge is 0.497 e. The highest BCUT2D eigenvalue weighted by molar-refractivity contribution is 5.86. The van der Waals surface area contributed by atoms with Crippen LogP contribution in [0, 0.1) is 13.8 Å².